The average molecular weight is 189 g/mol. The normalized spacial score (nSPS) is 14.4. The molecule has 0 heterocycles. The first-order chi connectivity index (χ1) is 5.87. The lowest BCUT2D eigenvalue weighted by atomic mass is 9.79. The van der Waals surface area contributed by atoms with E-state index in [1.165, 1.54) is 7.11 Å². The van der Waals surface area contributed by atoms with E-state index in [4.69, 9.17) is 5.21 Å². The Labute approximate surface area is 79.2 Å². The van der Waals surface area contributed by atoms with Crippen molar-refractivity contribution in [3.05, 3.63) is 0 Å². The smallest absolute Gasteiger partial charge is 0.312 e. The fourth-order valence-corrected chi connectivity index (χ4v) is 1.53. The van der Waals surface area contributed by atoms with Crippen molar-refractivity contribution < 1.29 is 14.7 Å². The highest BCUT2D eigenvalue weighted by Crippen LogP contribution is 2.27. The van der Waals surface area contributed by atoms with Gasteiger partial charge in [-0.25, -0.2) is 5.48 Å². The fraction of sp³-hybridized carbons (Fsp3) is 0.889. The summed E-state index contributed by atoms with van der Waals surface area (Å²) in [5.41, 5.74) is 1.43. The molecular weight excluding hydrogens is 170 g/mol. The quantitative estimate of drug-likeness (QED) is 0.515. The Hall–Kier alpha value is -0.610. The molecule has 0 bridgehead atoms. The van der Waals surface area contributed by atoms with Gasteiger partial charge in [-0.1, -0.05) is 13.8 Å². The van der Waals surface area contributed by atoms with E-state index in [1.54, 1.807) is 13.8 Å². The van der Waals surface area contributed by atoms with Crippen molar-refractivity contribution in [3.8, 4) is 0 Å². The molecule has 2 N–H and O–H groups in total. The summed E-state index contributed by atoms with van der Waals surface area (Å²) in [4.78, 5) is 11.4. The molecule has 0 aromatic carbocycles. The molecule has 0 aliphatic rings. The summed E-state index contributed by atoms with van der Waals surface area (Å²) in [6, 6.07) is -0.306. The van der Waals surface area contributed by atoms with Crippen molar-refractivity contribution in [1.82, 2.24) is 5.48 Å². The minimum absolute atomic E-state index is 0.152. The highest BCUT2D eigenvalue weighted by molar-refractivity contribution is 5.76. The first-order valence-electron chi connectivity index (χ1n) is 4.36. The van der Waals surface area contributed by atoms with Gasteiger partial charge in [-0.15, -0.1) is 0 Å². The number of nitrogens with one attached hydrogen (secondary N) is 1. The predicted molar refractivity (Wildman–Crippen MR) is 49.3 cm³/mol. The van der Waals surface area contributed by atoms with Crippen LogP contribution in [0.2, 0.25) is 0 Å². The van der Waals surface area contributed by atoms with Gasteiger partial charge in [0.15, 0.2) is 0 Å². The third-order valence-electron chi connectivity index (χ3n) is 2.29. The van der Waals surface area contributed by atoms with Gasteiger partial charge in [0.05, 0.1) is 12.5 Å². The number of rotatable bonds is 4. The van der Waals surface area contributed by atoms with Crippen LogP contribution in [0, 0.1) is 11.3 Å². The minimum atomic E-state index is -0.725. The Kier molecular flexibility index (Phi) is 4.36. The number of carbonyl (C=O) groups is 1. The molecule has 4 heteroatoms. The molecule has 4 nitrogen and oxygen atoms in total. The Morgan fingerprint density at radius 1 is 1.46 bits per heavy atom. The molecule has 1 unspecified atom stereocenters. The van der Waals surface area contributed by atoms with Crippen LogP contribution in [0.3, 0.4) is 0 Å². The summed E-state index contributed by atoms with van der Waals surface area (Å²) >= 11 is 0. The van der Waals surface area contributed by atoms with Gasteiger partial charge in [-0.2, -0.15) is 0 Å². The monoisotopic (exact) mass is 189 g/mol. The maximum Gasteiger partial charge on any atom is 0.312 e. The second-order valence-corrected chi connectivity index (χ2v) is 4.06. The standard InChI is InChI=1S/C9H19NO3/c1-6(2)7(10-12)9(3,4)8(11)13-5/h6-7,10,12H,1-5H3. The highest BCUT2D eigenvalue weighted by Gasteiger charge is 2.39. The highest BCUT2D eigenvalue weighted by atomic mass is 16.5. The summed E-state index contributed by atoms with van der Waals surface area (Å²) in [5, 5.41) is 8.92. The lowest BCUT2D eigenvalue weighted by Crippen LogP contribution is -2.49. The Morgan fingerprint density at radius 3 is 2.15 bits per heavy atom. The molecule has 78 valence electrons. The van der Waals surface area contributed by atoms with Crippen LogP contribution in [0.5, 0.6) is 0 Å². The molecule has 0 spiro atoms. The molecule has 0 radical (unpaired) electrons. The van der Waals surface area contributed by atoms with Crippen LogP contribution >= 0.6 is 0 Å². The largest absolute Gasteiger partial charge is 0.469 e. The van der Waals surface area contributed by atoms with E-state index in [9.17, 15) is 4.79 Å². The number of esters is 1. The summed E-state index contributed by atoms with van der Waals surface area (Å²) in [6.45, 7) is 7.34. The number of ether oxygens (including phenoxy) is 1. The van der Waals surface area contributed by atoms with E-state index in [-0.39, 0.29) is 17.9 Å². The van der Waals surface area contributed by atoms with Crippen LogP contribution in [0.1, 0.15) is 27.7 Å². The van der Waals surface area contributed by atoms with Gasteiger partial charge in [-0.05, 0) is 19.8 Å². The van der Waals surface area contributed by atoms with Crippen molar-refractivity contribution in [3.63, 3.8) is 0 Å². The van der Waals surface area contributed by atoms with Crippen molar-refractivity contribution in [1.29, 1.82) is 0 Å². The van der Waals surface area contributed by atoms with Crippen LogP contribution < -0.4 is 5.48 Å². The van der Waals surface area contributed by atoms with Crippen LogP contribution in [0.4, 0.5) is 0 Å². The molecule has 0 saturated carbocycles. The third kappa shape index (κ3) is 2.67. The fourth-order valence-electron chi connectivity index (χ4n) is 1.53. The second kappa shape index (κ2) is 4.58. The lowest BCUT2D eigenvalue weighted by Gasteiger charge is -2.33. The summed E-state index contributed by atoms with van der Waals surface area (Å²) in [5.74, 6) is -0.174. The Balaban J connectivity index is 4.66. The molecule has 1 atom stereocenters. The third-order valence-corrected chi connectivity index (χ3v) is 2.29. The summed E-state index contributed by atoms with van der Waals surface area (Å²) in [7, 11) is 1.35. The van der Waals surface area contributed by atoms with E-state index in [0.717, 1.165) is 0 Å². The summed E-state index contributed by atoms with van der Waals surface area (Å²) in [6.07, 6.45) is 0. The lowest BCUT2D eigenvalue weighted by molar-refractivity contribution is -0.155. The van der Waals surface area contributed by atoms with Crippen LogP contribution in [-0.2, 0) is 9.53 Å². The number of carbonyl (C=O) groups excluding carboxylic acids is 1. The van der Waals surface area contributed by atoms with Gasteiger partial charge in [-0.3, -0.25) is 4.79 Å². The molecule has 0 aromatic heterocycles. The summed E-state index contributed by atoms with van der Waals surface area (Å²) < 4.78 is 4.66. The van der Waals surface area contributed by atoms with E-state index < -0.39 is 5.41 Å². The van der Waals surface area contributed by atoms with Gasteiger partial charge < -0.3 is 9.94 Å². The van der Waals surface area contributed by atoms with Gasteiger partial charge in [0.2, 0.25) is 0 Å². The van der Waals surface area contributed by atoms with Crippen molar-refractivity contribution in [2.45, 2.75) is 33.7 Å². The molecule has 0 rings (SSSR count). The van der Waals surface area contributed by atoms with Gasteiger partial charge in [0, 0.05) is 6.04 Å². The average Bonchev–Trinajstić information content (AvgIpc) is 2.02. The molecular formula is C9H19NO3. The first-order valence-corrected chi connectivity index (χ1v) is 4.36. The molecule has 13 heavy (non-hydrogen) atoms. The zero-order valence-electron chi connectivity index (χ0n) is 8.92. The molecule has 0 aliphatic heterocycles. The number of methoxy groups -OCH3 is 1. The van der Waals surface area contributed by atoms with Crippen LogP contribution in [0.25, 0.3) is 0 Å². The van der Waals surface area contributed by atoms with Crippen LogP contribution in [0.15, 0.2) is 0 Å². The Morgan fingerprint density at radius 2 is 1.92 bits per heavy atom. The molecule has 0 amide bonds. The maximum atomic E-state index is 11.4. The van der Waals surface area contributed by atoms with Gasteiger partial charge >= 0.3 is 5.97 Å². The molecule has 0 aromatic rings. The minimum Gasteiger partial charge on any atom is -0.469 e. The topological polar surface area (TPSA) is 58.6 Å². The SMILES string of the molecule is COC(=O)C(C)(C)C(NO)C(C)C. The van der Waals surface area contributed by atoms with E-state index in [0.29, 0.717) is 0 Å². The second-order valence-electron chi connectivity index (χ2n) is 4.06. The first kappa shape index (κ1) is 12.4. The van der Waals surface area contributed by atoms with Crippen LogP contribution in [-0.4, -0.2) is 24.3 Å². The van der Waals surface area contributed by atoms with Gasteiger partial charge in [0.1, 0.15) is 0 Å². The van der Waals surface area contributed by atoms with Crippen molar-refractivity contribution in [2.24, 2.45) is 11.3 Å². The Bertz CT molecular complexity index is 178. The predicted octanol–water partition coefficient (Wildman–Crippen LogP) is 1.19. The molecule has 0 fully saturated rings. The number of hydrogen-bond donors (Lipinski definition) is 2. The van der Waals surface area contributed by atoms with Crippen molar-refractivity contribution >= 4 is 5.97 Å². The maximum absolute atomic E-state index is 11.4. The van der Waals surface area contributed by atoms with E-state index in [2.05, 4.69) is 10.2 Å². The zero-order valence-corrected chi connectivity index (χ0v) is 8.92. The molecule has 0 aliphatic carbocycles. The molecule has 0 saturated heterocycles. The van der Waals surface area contributed by atoms with E-state index >= 15 is 0 Å². The number of hydrogen-bond acceptors (Lipinski definition) is 4. The van der Waals surface area contributed by atoms with Crippen molar-refractivity contribution in [2.75, 3.05) is 7.11 Å². The van der Waals surface area contributed by atoms with E-state index in [1.807, 2.05) is 13.8 Å². The van der Waals surface area contributed by atoms with Gasteiger partial charge in [0.25, 0.3) is 0 Å². The number of hydroxylamine groups is 1. The zero-order chi connectivity index (χ0) is 10.6.